The van der Waals surface area contributed by atoms with Gasteiger partial charge in [-0.3, -0.25) is 0 Å². The predicted octanol–water partition coefficient (Wildman–Crippen LogP) is 3.40. The summed E-state index contributed by atoms with van der Waals surface area (Å²) in [6, 6.07) is 7.01. The summed E-state index contributed by atoms with van der Waals surface area (Å²) in [4.78, 5) is 7.82. The molecule has 0 radical (unpaired) electrons. The molecule has 1 aromatic heterocycles. The minimum Gasteiger partial charge on any atom is -0.341 e. The Morgan fingerprint density at radius 3 is 3.06 bits per heavy atom. The highest BCUT2D eigenvalue weighted by molar-refractivity contribution is 9.10. The summed E-state index contributed by atoms with van der Waals surface area (Å²) >= 11 is 3.51. The van der Waals surface area contributed by atoms with Crippen LogP contribution in [0.4, 0.5) is 0 Å². The molecule has 0 amide bonds. The highest BCUT2D eigenvalue weighted by atomic mass is 79.9. The third kappa shape index (κ3) is 2.65. The molecule has 0 aliphatic heterocycles. The van der Waals surface area contributed by atoms with Crippen LogP contribution >= 0.6 is 15.9 Å². The molecule has 1 aliphatic rings. The number of hydrogen-bond acceptors (Lipinski definition) is 2. The van der Waals surface area contributed by atoms with E-state index in [9.17, 15) is 0 Å². The smallest absolute Gasteiger partial charge is 0.120 e. The summed E-state index contributed by atoms with van der Waals surface area (Å²) in [6.07, 6.45) is 4.52. The van der Waals surface area contributed by atoms with Crippen molar-refractivity contribution in [3.8, 4) is 11.3 Å². The van der Waals surface area contributed by atoms with E-state index in [0.717, 1.165) is 22.5 Å². The molecule has 1 aromatic carbocycles. The van der Waals surface area contributed by atoms with Crippen molar-refractivity contribution in [2.24, 2.45) is 0 Å². The Morgan fingerprint density at radius 2 is 2.28 bits per heavy atom. The van der Waals surface area contributed by atoms with E-state index in [1.807, 2.05) is 6.20 Å². The molecular weight excluding hydrogens is 290 g/mol. The minimum atomic E-state index is 0.714. The van der Waals surface area contributed by atoms with E-state index in [0.29, 0.717) is 6.04 Å². The fraction of sp³-hybridized carbons (Fsp3) is 0.357. The van der Waals surface area contributed by atoms with E-state index in [2.05, 4.69) is 56.3 Å². The Kier molecular flexibility index (Phi) is 3.22. The fourth-order valence-corrected chi connectivity index (χ4v) is 2.36. The lowest BCUT2D eigenvalue weighted by Gasteiger charge is -2.04. The number of nitrogens with one attached hydrogen (secondary N) is 2. The summed E-state index contributed by atoms with van der Waals surface area (Å²) < 4.78 is 1.09. The number of hydrogen-bond donors (Lipinski definition) is 2. The highest BCUT2D eigenvalue weighted by Gasteiger charge is 2.20. The standard InChI is InChI=1S/C14H16BrN3/c1-9-2-3-10(15)6-12(9)13-7-17-14(18-13)8-16-11-4-5-11/h2-3,6-7,11,16H,4-5,8H2,1H3,(H,17,18). The lowest BCUT2D eigenvalue weighted by Crippen LogP contribution is -2.16. The zero-order chi connectivity index (χ0) is 12.5. The maximum absolute atomic E-state index is 4.43. The van der Waals surface area contributed by atoms with Crippen molar-refractivity contribution in [1.29, 1.82) is 0 Å². The Morgan fingerprint density at radius 1 is 1.44 bits per heavy atom. The number of nitrogens with zero attached hydrogens (tertiary/aromatic N) is 1. The molecule has 3 rings (SSSR count). The quantitative estimate of drug-likeness (QED) is 0.909. The Hall–Kier alpha value is -1.13. The molecule has 2 aromatic rings. The molecule has 18 heavy (non-hydrogen) atoms. The zero-order valence-corrected chi connectivity index (χ0v) is 11.9. The normalized spacial score (nSPS) is 15.0. The van der Waals surface area contributed by atoms with Crippen LogP contribution in [0.3, 0.4) is 0 Å². The summed E-state index contributed by atoms with van der Waals surface area (Å²) in [5.41, 5.74) is 3.54. The minimum absolute atomic E-state index is 0.714. The van der Waals surface area contributed by atoms with Crippen LogP contribution in [0.2, 0.25) is 0 Å². The Balaban J connectivity index is 1.80. The average molecular weight is 306 g/mol. The van der Waals surface area contributed by atoms with E-state index in [1.165, 1.54) is 24.0 Å². The van der Waals surface area contributed by atoms with Gasteiger partial charge in [-0.2, -0.15) is 0 Å². The van der Waals surface area contributed by atoms with E-state index in [1.54, 1.807) is 0 Å². The van der Waals surface area contributed by atoms with Gasteiger partial charge in [0.2, 0.25) is 0 Å². The first-order valence-corrected chi connectivity index (χ1v) is 7.05. The first kappa shape index (κ1) is 11.9. The van der Waals surface area contributed by atoms with Gasteiger partial charge < -0.3 is 10.3 Å². The third-order valence-electron chi connectivity index (χ3n) is 3.25. The van der Waals surface area contributed by atoms with Crippen molar-refractivity contribution in [3.05, 3.63) is 40.3 Å². The second-order valence-electron chi connectivity index (χ2n) is 4.86. The van der Waals surface area contributed by atoms with Crippen LogP contribution in [-0.4, -0.2) is 16.0 Å². The zero-order valence-electron chi connectivity index (χ0n) is 10.3. The Labute approximate surface area is 115 Å². The molecule has 1 saturated carbocycles. The lowest BCUT2D eigenvalue weighted by atomic mass is 10.1. The molecule has 0 saturated heterocycles. The fourth-order valence-electron chi connectivity index (χ4n) is 2.00. The summed E-state index contributed by atoms with van der Waals surface area (Å²) in [7, 11) is 0. The van der Waals surface area contributed by atoms with Gasteiger partial charge in [-0.15, -0.1) is 0 Å². The molecular formula is C14H16BrN3. The van der Waals surface area contributed by atoms with Gasteiger partial charge >= 0.3 is 0 Å². The first-order chi connectivity index (χ1) is 8.72. The van der Waals surface area contributed by atoms with Gasteiger partial charge in [0.1, 0.15) is 5.82 Å². The van der Waals surface area contributed by atoms with Gasteiger partial charge in [-0.05, 0) is 37.5 Å². The van der Waals surface area contributed by atoms with Crippen LogP contribution in [0, 0.1) is 6.92 Å². The van der Waals surface area contributed by atoms with Gasteiger partial charge in [0, 0.05) is 16.1 Å². The molecule has 0 bridgehead atoms. The van der Waals surface area contributed by atoms with E-state index in [-0.39, 0.29) is 0 Å². The topological polar surface area (TPSA) is 40.7 Å². The van der Waals surface area contributed by atoms with E-state index < -0.39 is 0 Å². The first-order valence-electron chi connectivity index (χ1n) is 6.26. The van der Waals surface area contributed by atoms with Crippen molar-refractivity contribution in [2.45, 2.75) is 32.4 Å². The number of aromatic nitrogens is 2. The van der Waals surface area contributed by atoms with Gasteiger partial charge in [0.25, 0.3) is 0 Å². The van der Waals surface area contributed by atoms with Crippen LogP contribution in [0.1, 0.15) is 24.2 Å². The SMILES string of the molecule is Cc1ccc(Br)cc1-c1cnc(CNC2CC2)[nH]1. The monoisotopic (exact) mass is 305 g/mol. The maximum Gasteiger partial charge on any atom is 0.120 e. The van der Waals surface area contributed by atoms with Crippen LogP contribution in [0.25, 0.3) is 11.3 Å². The molecule has 0 atom stereocenters. The molecule has 3 nitrogen and oxygen atoms in total. The van der Waals surface area contributed by atoms with Gasteiger partial charge in [-0.25, -0.2) is 4.98 Å². The molecule has 0 spiro atoms. The van der Waals surface area contributed by atoms with Crippen molar-refractivity contribution in [2.75, 3.05) is 0 Å². The van der Waals surface area contributed by atoms with Crippen LogP contribution in [0.15, 0.2) is 28.9 Å². The molecule has 1 fully saturated rings. The average Bonchev–Trinajstić information content (AvgIpc) is 3.08. The second kappa shape index (κ2) is 4.86. The summed E-state index contributed by atoms with van der Waals surface area (Å²) in [5, 5.41) is 3.46. The number of rotatable bonds is 4. The summed E-state index contributed by atoms with van der Waals surface area (Å²) in [6.45, 7) is 2.95. The number of halogens is 1. The molecule has 2 N–H and O–H groups in total. The largest absolute Gasteiger partial charge is 0.341 e. The van der Waals surface area contributed by atoms with E-state index >= 15 is 0 Å². The van der Waals surface area contributed by atoms with Crippen molar-refractivity contribution in [1.82, 2.24) is 15.3 Å². The second-order valence-corrected chi connectivity index (χ2v) is 5.77. The molecule has 1 heterocycles. The third-order valence-corrected chi connectivity index (χ3v) is 3.75. The number of benzene rings is 1. The van der Waals surface area contributed by atoms with Gasteiger partial charge in [-0.1, -0.05) is 22.0 Å². The molecule has 1 aliphatic carbocycles. The lowest BCUT2D eigenvalue weighted by molar-refractivity contribution is 0.664. The molecule has 4 heteroatoms. The van der Waals surface area contributed by atoms with Gasteiger partial charge in [0.15, 0.2) is 0 Å². The predicted molar refractivity (Wildman–Crippen MR) is 76.3 cm³/mol. The number of aromatic amines is 1. The maximum atomic E-state index is 4.43. The van der Waals surface area contributed by atoms with Crippen molar-refractivity contribution >= 4 is 15.9 Å². The van der Waals surface area contributed by atoms with Crippen molar-refractivity contribution in [3.63, 3.8) is 0 Å². The summed E-state index contributed by atoms with van der Waals surface area (Å²) in [5.74, 6) is 1.01. The number of H-pyrrole nitrogens is 1. The van der Waals surface area contributed by atoms with E-state index in [4.69, 9.17) is 0 Å². The molecule has 94 valence electrons. The Bertz CT molecular complexity index is 558. The van der Waals surface area contributed by atoms with Gasteiger partial charge in [0.05, 0.1) is 18.4 Å². The molecule has 0 unspecified atom stereocenters. The van der Waals surface area contributed by atoms with Crippen LogP contribution in [-0.2, 0) is 6.54 Å². The van der Waals surface area contributed by atoms with Crippen molar-refractivity contribution < 1.29 is 0 Å². The van der Waals surface area contributed by atoms with Crippen LogP contribution < -0.4 is 5.32 Å². The number of imidazole rings is 1. The van der Waals surface area contributed by atoms with Crippen LogP contribution in [0.5, 0.6) is 0 Å². The number of aryl methyl sites for hydroxylation is 1. The highest BCUT2D eigenvalue weighted by Crippen LogP contribution is 2.25.